The number of carbonyl (C=O) groups is 1. The van der Waals surface area contributed by atoms with Crippen molar-refractivity contribution < 1.29 is 14.5 Å². The fourth-order valence-corrected chi connectivity index (χ4v) is 2.00. The monoisotopic (exact) mass is 279 g/mol. The molecule has 1 aromatic rings. The Hall–Kier alpha value is -1.91. The number of esters is 1. The van der Waals surface area contributed by atoms with E-state index < -0.39 is 0 Å². The Morgan fingerprint density at radius 3 is 2.65 bits per heavy atom. The van der Waals surface area contributed by atoms with Crippen molar-refractivity contribution in [2.24, 2.45) is 0 Å². The van der Waals surface area contributed by atoms with Crippen molar-refractivity contribution in [3.63, 3.8) is 0 Å². The van der Waals surface area contributed by atoms with Gasteiger partial charge in [-0.05, 0) is 37.3 Å². The highest BCUT2D eigenvalue weighted by molar-refractivity contribution is 5.69. The summed E-state index contributed by atoms with van der Waals surface area (Å²) >= 11 is 0. The van der Waals surface area contributed by atoms with E-state index >= 15 is 0 Å². The van der Waals surface area contributed by atoms with Gasteiger partial charge in [0.15, 0.2) is 0 Å². The van der Waals surface area contributed by atoms with Crippen LogP contribution in [-0.2, 0) is 16.0 Å². The molecule has 0 aliphatic rings. The second kappa shape index (κ2) is 7.62. The minimum atomic E-state index is -0.371. The third kappa shape index (κ3) is 4.64. The van der Waals surface area contributed by atoms with E-state index in [0.717, 1.165) is 5.56 Å². The van der Waals surface area contributed by atoms with Crippen LogP contribution in [0.3, 0.4) is 0 Å². The Bertz CT molecular complexity index is 483. The Morgan fingerprint density at radius 2 is 2.10 bits per heavy atom. The highest BCUT2D eigenvalue weighted by atomic mass is 16.6. The zero-order chi connectivity index (χ0) is 15.1. The van der Waals surface area contributed by atoms with Crippen molar-refractivity contribution in [3.8, 4) is 0 Å². The van der Waals surface area contributed by atoms with Gasteiger partial charge >= 0.3 is 5.97 Å². The molecule has 5 heteroatoms. The van der Waals surface area contributed by atoms with E-state index in [-0.39, 0.29) is 23.0 Å². The third-order valence-corrected chi connectivity index (χ3v) is 3.10. The van der Waals surface area contributed by atoms with E-state index in [1.165, 1.54) is 0 Å². The maximum atomic E-state index is 11.3. The molecule has 1 aromatic carbocycles. The van der Waals surface area contributed by atoms with Crippen LogP contribution >= 0.6 is 0 Å². The Balaban J connectivity index is 2.77. The smallest absolute Gasteiger partial charge is 0.305 e. The van der Waals surface area contributed by atoms with Gasteiger partial charge in [-0.25, -0.2) is 0 Å². The zero-order valence-electron chi connectivity index (χ0n) is 12.2. The molecule has 0 unspecified atom stereocenters. The van der Waals surface area contributed by atoms with Crippen LogP contribution in [0, 0.1) is 10.1 Å². The van der Waals surface area contributed by atoms with Crippen LogP contribution in [0.25, 0.3) is 0 Å². The Kier molecular flexibility index (Phi) is 6.15. The SMILES string of the molecule is CCOC(=O)CCCc1cc(C(C)C)ccc1[N+](=O)[O-]. The fraction of sp³-hybridized carbons (Fsp3) is 0.533. The summed E-state index contributed by atoms with van der Waals surface area (Å²) in [7, 11) is 0. The van der Waals surface area contributed by atoms with E-state index in [2.05, 4.69) is 0 Å². The van der Waals surface area contributed by atoms with Gasteiger partial charge in [-0.2, -0.15) is 0 Å². The summed E-state index contributed by atoms with van der Waals surface area (Å²) in [6.45, 7) is 6.21. The number of ether oxygens (including phenoxy) is 1. The van der Waals surface area contributed by atoms with Gasteiger partial charge in [-0.1, -0.05) is 19.9 Å². The highest BCUT2D eigenvalue weighted by Crippen LogP contribution is 2.25. The van der Waals surface area contributed by atoms with Crippen molar-refractivity contribution in [3.05, 3.63) is 39.4 Å². The lowest BCUT2D eigenvalue weighted by Crippen LogP contribution is -2.05. The number of hydrogen-bond donors (Lipinski definition) is 0. The second-order valence-corrected chi connectivity index (χ2v) is 4.96. The summed E-state index contributed by atoms with van der Waals surface area (Å²) in [4.78, 5) is 21.9. The molecule has 20 heavy (non-hydrogen) atoms. The van der Waals surface area contributed by atoms with Crippen LogP contribution in [0.5, 0.6) is 0 Å². The molecule has 0 heterocycles. The number of aryl methyl sites for hydroxylation is 1. The first-order valence-corrected chi connectivity index (χ1v) is 6.88. The molecular weight excluding hydrogens is 258 g/mol. The van der Waals surface area contributed by atoms with Crippen LogP contribution in [-0.4, -0.2) is 17.5 Å². The molecule has 0 aliphatic heterocycles. The first-order valence-electron chi connectivity index (χ1n) is 6.88. The van der Waals surface area contributed by atoms with Crippen molar-refractivity contribution in [2.45, 2.75) is 46.0 Å². The molecule has 0 amide bonds. The molecule has 0 saturated heterocycles. The molecule has 0 fully saturated rings. The summed E-state index contributed by atoms with van der Waals surface area (Å²) < 4.78 is 4.85. The minimum Gasteiger partial charge on any atom is -0.466 e. The molecule has 0 bridgehead atoms. The average molecular weight is 279 g/mol. The van der Waals surface area contributed by atoms with Gasteiger partial charge in [0.2, 0.25) is 0 Å². The van der Waals surface area contributed by atoms with Crippen molar-refractivity contribution in [2.75, 3.05) is 6.61 Å². The summed E-state index contributed by atoms with van der Waals surface area (Å²) in [6, 6.07) is 5.21. The minimum absolute atomic E-state index is 0.123. The van der Waals surface area contributed by atoms with Crippen molar-refractivity contribution in [1.82, 2.24) is 0 Å². The van der Waals surface area contributed by atoms with E-state index in [1.807, 2.05) is 19.9 Å². The van der Waals surface area contributed by atoms with Crippen molar-refractivity contribution >= 4 is 11.7 Å². The predicted molar refractivity (Wildman–Crippen MR) is 76.8 cm³/mol. The van der Waals surface area contributed by atoms with Gasteiger partial charge < -0.3 is 4.74 Å². The molecule has 110 valence electrons. The number of nitro benzene ring substituents is 1. The number of rotatable bonds is 7. The van der Waals surface area contributed by atoms with E-state index in [1.54, 1.807) is 19.1 Å². The summed E-state index contributed by atoms with van der Waals surface area (Å²) in [5.74, 6) is 0.0646. The quantitative estimate of drug-likeness (QED) is 0.434. The van der Waals surface area contributed by atoms with Crippen LogP contribution in [0.2, 0.25) is 0 Å². The molecular formula is C15H21NO4. The number of carbonyl (C=O) groups excluding carboxylic acids is 1. The molecule has 0 spiro atoms. The molecule has 5 nitrogen and oxygen atoms in total. The van der Waals surface area contributed by atoms with Gasteiger partial charge in [0.05, 0.1) is 11.5 Å². The first-order chi connectivity index (χ1) is 9.45. The van der Waals surface area contributed by atoms with E-state index in [4.69, 9.17) is 4.74 Å². The normalized spacial score (nSPS) is 10.6. The summed E-state index contributed by atoms with van der Waals surface area (Å²) in [5, 5.41) is 11.0. The second-order valence-electron chi connectivity index (χ2n) is 4.96. The number of benzene rings is 1. The maximum Gasteiger partial charge on any atom is 0.305 e. The van der Waals surface area contributed by atoms with Crippen molar-refractivity contribution in [1.29, 1.82) is 0 Å². The number of nitrogens with zero attached hydrogens (tertiary/aromatic N) is 1. The molecule has 1 rings (SSSR count). The summed E-state index contributed by atoms with van der Waals surface area (Å²) in [5.41, 5.74) is 1.88. The molecule has 0 saturated carbocycles. The Morgan fingerprint density at radius 1 is 1.40 bits per heavy atom. The van der Waals surface area contributed by atoms with Crippen LogP contribution in [0.15, 0.2) is 18.2 Å². The molecule has 0 radical (unpaired) electrons. The lowest BCUT2D eigenvalue weighted by atomic mass is 9.97. The largest absolute Gasteiger partial charge is 0.466 e. The van der Waals surface area contributed by atoms with Gasteiger partial charge in [0.25, 0.3) is 5.69 Å². The fourth-order valence-electron chi connectivity index (χ4n) is 2.00. The summed E-state index contributed by atoms with van der Waals surface area (Å²) in [6.07, 6.45) is 1.35. The standard InChI is InChI=1S/C15H21NO4/c1-4-20-15(17)7-5-6-13-10-12(11(2)3)8-9-14(13)16(18)19/h8-11H,4-7H2,1-3H3. The lowest BCUT2D eigenvalue weighted by Gasteiger charge is -2.09. The third-order valence-electron chi connectivity index (χ3n) is 3.10. The van der Waals surface area contributed by atoms with E-state index in [9.17, 15) is 14.9 Å². The average Bonchev–Trinajstić information content (AvgIpc) is 2.38. The van der Waals surface area contributed by atoms with Gasteiger partial charge in [-0.15, -0.1) is 0 Å². The van der Waals surface area contributed by atoms with Gasteiger partial charge in [0.1, 0.15) is 0 Å². The highest BCUT2D eigenvalue weighted by Gasteiger charge is 2.15. The Labute approximate surface area is 119 Å². The lowest BCUT2D eigenvalue weighted by molar-refractivity contribution is -0.385. The zero-order valence-corrected chi connectivity index (χ0v) is 12.2. The van der Waals surface area contributed by atoms with Gasteiger partial charge in [0, 0.05) is 18.1 Å². The van der Waals surface area contributed by atoms with Crippen LogP contribution in [0.4, 0.5) is 5.69 Å². The van der Waals surface area contributed by atoms with Crippen LogP contribution in [0.1, 0.15) is 50.7 Å². The molecule has 0 N–H and O–H groups in total. The topological polar surface area (TPSA) is 69.4 Å². The predicted octanol–water partition coefficient (Wildman–Crippen LogP) is 3.60. The number of nitro groups is 1. The maximum absolute atomic E-state index is 11.3. The van der Waals surface area contributed by atoms with E-state index in [0.29, 0.717) is 30.9 Å². The molecule has 0 atom stereocenters. The van der Waals surface area contributed by atoms with Crippen LogP contribution < -0.4 is 0 Å². The molecule has 0 aliphatic carbocycles. The molecule has 0 aromatic heterocycles. The first kappa shape index (κ1) is 16.1. The van der Waals surface area contributed by atoms with Gasteiger partial charge in [-0.3, -0.25) is 14.9 Å². The number of hydrogen-bond acceptors (Lipinski definition) is 4.